The van der Waals surface area contributed by atoms with E-state index in [9.17, 15) is 13.2 Å². The second-order valence-corrected chi connectivity index (χ2v) is 10.5. The molecule has 3 aromatic rings. The topological polar surface area (TPSA) is 84.3 Å². The van der Waals surface area contributed by atoms with Crippen LogP contribution in [-0.2, 0) is 16.6 Å². The maximum absolute atomic E-state index is 13.1. The van der Waals surface area contributed by atoms with Crippen LogP contribution in [0.25, 0.3) is 5.69 Å². The van der Waals surface area contributed by atoms with Gasteiger partial charge in [-0.2, -0.15) is 9.40 Å². The van der Waals surface area contributed by atoms with Crippen molar-refractivity contribution in [2.75, 3.05) is 13.1 Å². The van der Waals surface area contributed by atoms with E-state index in [1.54, 1.807) is 6.07 Å². The van der Waals surface area contributed by atoms with Gasteiger partial charge in [-0.15, -0.1) is 0 Å². The van der Waals surface area contributed by atoms with Crippen molar-refractivity contribution in [2.45, 2.75) is 44.6 Å². The van der Waals surface area contributed by atoms with Crippen LogP contribution in [0.5, 0.6) is 0 Å². The number of piperidine rings is 1. The molecule has 174 valence electrons. The molecular weight excluding hydrogens is 460 g/mol. The Labute approximate surface area is 199 Å². The number of nitrogens with one attached hydrogen (secondary N) is 1. The SMILES string of the molecule is Cc1nn(-c2ccccc2)c(C)c1CNC(=O)c1ccc(Cl)c(S(=O)(=O)N2CCCCC2)c1. The second-order valence-electron chi connectivity index (χ2n) is 8.19. The molecule has 33 heavy (non-hydrogen) atoms. The van der Waals surface area contributed by atoms with E-state index >= 15 is 0 Å². The summed E-state index contributed by atoms with van der Waals surface area (Å²) >= 11 is 6.23. The minimum absolute atomic E-state index is 0.0250. The summed E-state index contributed by atoms with van der Waals surface area (Å²) in [6.07, 6.45) is 2.67. The third kappa shape index (κ3) is 4.83. The zero-order valence-electron chi connectivity index (χ0n) is 18.7. The van der Waals surface area contributed by atoms with E-state index in [0.717, 1.165) is 41.9 Å². The van der Waals surface area contributed by atoms with Crippen molar-refractivity contribution < 1.29 is 13.2 Å². The highest BCUT2D eigenvalue weighted by atomic mass is 35.5. The Balaban J connectivity index is 1.53. The van der Waals surface area contributed by atoms with Gasteiger partial charge in [0.25, 0.3) is 5.91 Å². The number of hydrogen-bond donors (Lipinski definition) is 1. The molecule has 0 aliphatic carbocycles. The molecule has 4 rings (SSSR count). The van der Waals surface area contributed by atoms with Crippen LogP contribution < -0.4 is 5.32 Å². The van der Waals surface area contributed by atoms with Gasteiger partial charge in [0.2, 0.25) is 10.0 Å². The molecule has 1 aliphatic heterocycles. The van der Waals surface area contributed by atoms with Crippen LogP contribution in [0.15, 0.2) is 53.4 Å². The molecule has 0 saturated carbocycles. The van der Waals surface area contributed by atoms with Crippen LogP contribution in [0.2, 0.25) is 5.02 Å². The Hall–Kier alpha value is -2.68. The average molecular weight is 487 g/mol. The molecule has 0 unspecified atom stereocenters. The van der Waals surface area contributed by atoms with Crippen LogP contribution >= 0.6 is 11.6 Å². The monoisotopic (exact) mass is 486 g/mol. The average Bonchev–Trinajstić information content (AvgIpc) is 3.12. The van der Waals surface area contributed by atoms with E-state index < -0.39 is 10.0 Å². The molecule has 1 aromatic heterocycles. The van der Waals surface area contributed by atoms with Gasteiger partial charge in [0.1, 0.15) is 4.90 Å². The molecule has 0 atom stereocenters. The fourth-order valence-corrected chi connectivity index (χ4v) is 6.13. The largest absolute Gasteiger partial charge is 0.348 e. The highest BCUT2D eigenvalue weighted by Crippen LogP contribution is 2.28. The van der Waals surface area contributed by atoms with E-state index in [1.807, 2.05) is 48.9 Å². The van der Waals surface area contributed by atoms with Gasteiger partial charge in [-0.05, 0) is 57.0 Å². The summed E-state index contributed by atoms with van der Waals surface area (Å²) in [4.78, 5) is 12.9. The van der Waals surface area contributed by atoms with Gasteiger partial charge in [-0.25, -0.2) is 13.1 Å². The minimum Gasteiger partial charge on any atom is -0.348 e. The summed E-state index contributed by atoms with van der Waals surface area (Å²) in [6.45, 7) is 5.08. The standard InChI is InChI=1S/C24H27ClN4O3S/c1-17-21(18(2)29(27-17)20-9-5-3-6-10-20)16-26-24(30)19-11-12-22(25)23(15-19)33(31,32)28-13-7-4-8-14-28/h3,5-6,9-12,15H,4,7-8,13-14,16H2,1-2H3,(H,26,30). The second kappa shape index (κ2) is 9.67. The molecule has 1 aliphatic rings. The van der Waals surface area contributed by atoms with Gasteiger partial charge in [-0.1, -0.05) is 36.2 Å². The lowest BCUT2D eigenvalue weighted by Crippen LogP contribution is -2.36. The van der Waals surface area contributed by atoms with E-state index in [0.29, 0.717) is 13.1 Å². The van der Waals surface area contributed by atoms with E-state index in [1.165, 1.54) is 16.4 Å². The Kier molecular flexibility index (Phi) is 6.88. The van der Waals surface area contributed by atoms with E-state index in [-0.39, 0.29) is 27.9 Å². The molecule has 1 N–H and O–H groups in total. The fraction of sp³-hybridized carbons (Fsp3) is 0.333. The molecule has 1 fully saturated rings. The first kappa shape index (κ1) is 23.5. The maximum Gasteiger partial charge on any atom is 0.251 e. The summed E-state index contributed by atoms with van der Waals surface area (Å²) in [5.74, 6) is -0.368. The number of carbonyl (C=O) groups excluding carboxylic acids is 1. The van der Waals surface area contributed by atoms with Crippen LogP contribution in [-0.4, -0.2) is 41.5 Å². The van der Waals surface area contributed by atoms with Crippen molar-refractivity contribution in [1.82, 2.24) is 19.4 Å². The molecule has 9 heteroatoms. The predicted molar refractivity (Wildman–Crippen MR) is 128 cm³/mol. The van der Waals surface area contributed by atoms with Crippen molar-refractivity contribution in [3.05, 3.63) is 76.1 Å². The Bertz CT molecular complexity index is 1270. The van der Waals surface area contributed by atoms with Gasteiger partial charge in [0.15, 0.2) is 0 Å². The molecule has 1 amide bonds. The number of carbonyl (C=O) groups is 1. The maximum atomic E-state index is 13.1. The van der Waals surface area contributed by atoms with Gasteiger partial charge >= 0.3 is 0 Å². The molecule has 2 heterocycles. The quantitative estimate of drug-likeness (QED) is 0.564. The summed E-state index contributed by atoms with van der Waals surface area (Å²) in [6, 6.07) is 14.2. The Morgan fingerprint density at radius 2 is 1.76 bits per heavy atom. The summed E-state index contributed by atoms with van der Waals surface area (Å²) in [5.41, 5.74) is 3.87. The molecule has 1 saturated heterocycles. The summed E-state index contributed by atoms with van der Waals surface area (Å²) < 4.78 is 29.5. The van der Waals surface area contributed by atoms with Crippen molar-refractivity contribution >= 4 is 27.5 Å². The molecule has 7 nitrogen and oxygen atoms in total. The van der Waals surface area contributed by atoms with Gasteiger partial charge in [0, 0.05) is 36.5 Å². The van der Waals surface area contributed by atoms with Crippen LogP contribution in [0.3, 0.4) is 0 Å². The lowest BCUT2D eigenvalue weighted by atomic mass is 10.1. The normalized spacial score (nSPS) is 14.9. The zero-order chi connectivity index (χ0) is 23.6. The molecule has 0 radical (unpaired) electrons. The van der Waals surface area contributed by atoms with Crippen molar-refractivity contribution in [1.29, 1.82) is 0 Å². The van der Waals surface area contributed by atoms with Crippen LogP contribution in [0, 0.1) is 13.8 Å². The third-order valence-corrected chi connectivity index (χ3v) is 8.37. The Morgan fingerprint density at radius 3 is 2.45 bits per heavy atom. The van der Waals surface area contributed by atoms with Gasteiger partial charge in [-0.3, -0.25) is 4.79 Å². The van der Waals surface area contributed by atoms with E-state index in [2.05, 4.69) is 10.4 Å². The van der Waals surface area contributed by atoms with Crippen LogP contribution in [0.1, 0.15) is 46.6 Å². The van der Waals surface area contributed by atoms with Crippen molar-refractivity contribution in [2.24, 2.45) is 0 Å². The predicted octanol–water partition coefficient (Wildman–Crippen LogP) is 4.25. The lowest BCUT2D eigenvalue weighted by molar-refractivity contribution is 0.0950. The number of benzene rings is 2. The summed E-state index contributed by atoms with van der Waals surface area (Å²) in [7, 11) is -3.75. The number of rotatable bonds is 6. The number of nitrogens with zero attached hydrogens (tertiary/aromatic N) is 3. The summed E-state index contributed by atoms with van der Waals surface area (Å²) in [5, 5.41) is 7.62. The highest BCUT2D eigenvalue weighted by molar-refractivity contribution is 7.89. The number of sulfonamides is 1. The number of halogens is 1. The first-order valence-electron chi connectivity index (χ1n) is 11.0. The molecular formula is C24H27ClN4O3S. The zero-order valence-corrected chi connectivity index (χ0v) is 20.3. The van der Waals surface area contributed by atoms with Crippen molar-refractivity contribution in [3.63, 3.8) is 0 Å². The lowest BCUT2D eigenvalue weighted by Gasteiger charge is -2.26. The first-order chi connectivity index (χ1) is 15.8. The number of para-hydroxylation sites is 1. The molecule has 0 bridgehead atoms. The smallest absolute Gasteiger partial charge is 0.251 e. The van der Waals surface area contributed by atoms with Crippen molar-refractivity contribution in [3.8, 4) is 5.69 Å². The number of hydrogen-bond acceptors (Lipinski definition) is 4. The van der Waals surface area contributed by atoms with Gasteiger partial charge < -0.3 is 5.32 Å². The minimum atomic E-state index is -3.75. The van der Waals surface area contributed by atoms with Crippen LogP contribution in [0.4, 0.5) is 0 Å². The fourth-order valence-electron chi connectivity index (χ4n) is 4.11. The first-order valence-corrected chi connectivity index (χ1v) is 12.8. The van der Waals surface area contributed by atoms with E-state index in [4.69, 9.17) is 11.6 Å². The molecule has 0 spiro atoms. The highest BCUT2D eigenvalue weighted by Gasteiger charge is 2.28. The third-order valence-electron chi connectivity index (χ3n) is 5.99. The molecule has 2 aromatic carbocycles. The number of aromatic nitrogens is 2. The van der Waals surface area contributed by atoms with Gasteiger partial charge in [0.05, 0.1) is 16.4 Å². The Morgan fingerprint density at radius 1 is 1.06 bits per heavy atom. The number of amides is 1. The number of aryl methyl sites for hydroxylation is 1.